The van der Waals surface area contributed by atoms with E-state index in [2.05, 4.69) is 209 Å². The van der Waals surface area contributed by atoms with Gasteiger partial charge >= 0.3 is 7.87 Å². The van der Waals surface area contributed by atoms with Gasteiger partial charge in [0.2, 0.25) is 0 Å². The number of rotatable bonds is 8. The maximum atomic E-state index is 2.52. The van der Waals surface area contributed by atoms with Gasteiger partial charge in [0.25, 0.3) is 0 Å². The lowest BCUT2D eigenvalue weighted by molar-refractivity contribution is -0.00000779. The van der Waals surface area contributed by atoms with Gasteiger partial charge in [-0.3, -0.25) is 0 Å². The van der Waals surface area contributed by atoms with Crippen LogP contribution in [0.4, 0.5) is 22.7 Å². The summed E-state index contributed by atoms with van der Waals surface area (Å²) < 4.78 is 10.1. The average Bonchev–Trinajstić information content (AvgIpc) is 2.95. The molecule has 0 radical (unpaired) electrons. The topological polar surface area (TPSA) is 13.0 Å². The van der Waals surface area contributed by atoms with Crippen LogP contribution in [-0.4, -0.2) is 28.2 Å². The van der Waals surface area contributed by atoms with Crippen LogP contribution in [0.5, 0.6) is 0 Å². The second-order valence-corrected chi connectivity index (χ2v) is 13.3. The molecule has 0 amide bonds. The summed E-state index contributed by atoms with van der Waals surface area (Å²) in [4.78, 5) is 0. The van der Waals surface area contributed by atoms with Crippen molar-refractivity contribution in [3.8, 4) is 0 Å². The second-order valence-electron chi connectivity index (χ2n) is 9.78. The zero-order chi connectivity index (χ0) is 28.7. The molecule has 0 aliphatic carbocycles. The fourth-order valence-electron chi connectivity index (χ4n) is 5.49. The third kappa shape index (κ3) is 6.84. The number of hydrogen-bond acceptors (Lipinski definition) is 4. The average molecular weight is 892 g/mol. The van der Waals surface area contributed by atoms with Gasteiger partial charge in [-0.25, -0.2) is 0 Å². The summed E-state index contributed by atoms with van der Waals surface area (Å²) in [6.45, 7) is 8.82. The minimum atomic E-state index is -2.52. The molecule has 4 nitrogen and oxygen atoms in total. The SMILES string of the molecule is Cc1ccccc1N(C)[P+](N(C)c1ccccc1C)(N(C)c1ccccc1C)N(C)c1ccccc1C.II.[I-]. The molecule has 40 heavy (non-hydrogen) atoms. The summed E-state index contributed by atoms with van der Waals surface area (Å²) in [5.74, 6) is 0. The molecule has 0 unspecified atom stereocenters. The molecule has 0 saturated heterocycles. The minimum Gasteiger partial charge on any atom is -1.00 e. The van der Waals surface area contributed by atoms with Crippen molar-refractivity contribution in [2.75, 3.05) is 46.9 Å². The van der Waals surface area contributed by atoms with Gasteiger partial charge in [-0.2, -0.15) is 18.7 Å². The molecule has 4 aromatic rings. The summed E-state index contributed by atoms with van der Waals surface area (Å²) in [6, 6.07) is 34.8. The lowest BCUT2D eigenvalue weighted by Crippen LogP contribution is -3.00. The van der Waals surface area contributed by atoms with Crippen molar-refractivity contribution in [2.45, 2.75) is 27.7 Å². The van der Waals surface area contributed by atoms with Crippen LogP contribution in [0.2, 0.25) is 0 Å². The quantitative estimate of drug-likeness (QED) is 0.137. The molecule has 0 spiro atoms. The number of anilines is 4. The Labute approximate surface area is 283 Å². The Kier molecular flexibility index (Phi) is 13.8. The molecule has 0 heterocycles. The largest absolute Gasteiger partial charge is 1.00 e. The first-order valence-electron chi connectivity index (χ1n) is 12.9. The number of hydrogen-bond donors (Lipinski definition) is 0. The standard InChI is InChI=1S/C32H40N4P.I2.HI/c1-25-17-9-13-21-29(25)33(5)37(34(6)30-22-14-10-18-26(30)2,35(7)31-23-15-11-19-27(31)3)36(8)32-24-16-12-20-28(32)4;1-2;/h9-24H,1-8H3;;1H/q+1;;/p-1. The van der Waals surface area contributed by atoms with Gasteiger partial charge in [0, 0.05) is 65.4 Å². The highest BCUT2D eigenvalue weighted by Crippen LogP contribution is 2.72. The zero-order valence-electron chi connectivity index (χ0n) is 24.6. The van der Waals surface area contributed by atoms with E-state index in [0.717, 1.165) is 0 Å². The first-order chi connectivity index (χ1) is 18.7. The Morgan fingerprint density at radius 2 is 0.575 bits per heavy atom. The third-order valence-corrected chi connectivity index (χ3v) is 11.5. The Hall–Kier alpha value is -1.30. The van der Waals surface area contributed by atoms with E-state index in [1.807, 2.05) is 0 Å². The van der Waals surface area contributed by atoms with E-state index >= 15 is 0 Å². The van der Waals surface area contributed by atoms with Gasteiger partial charge in [0.05, 0.1) is 22.7 Å². The summed E-state index contributed by atoms with van der Waals surface area (Å²) in [5.41, 5.74) is 9.89. The molecule has 0 aliphatic heterocycles. The van der Waals surface area contributed by atoms with Crippen molar-refractivity contribution in [1.82, 2.24) is 0 Å². The Morgan fingerprint density at radius 3 is 0.750 bits per heavy atom. The minimum absolute atomic E-state index is 0. The molecular formula is C32H40I3N4P. The summed E-state index contributed by atoms with van der Waals surface area (Å²) in [5, 5.41) is 0. The van der Waals surface area contributed by atoms with Crippen molar-refractivity contribution in [2.24, 2.45) is 0 Å². The summed E-state index contributed by atoms with van der Waals surface area (Å²) in [7, 11) is 6.51. The Morgan fingerprint density at radius 1 is 0.400 bits per heavy atom. The molecule has 214 valence electrons. The van der Waals surface area contributed by atoms with Crippen molar-refractivity contribution < 1.29 is 24.0 Å². The number of nitrogens with zero attached hydrogens (tertiary/aromatic N) is 4. The first-order valence-corrected chi connectivity index (χ1v) is 20.8. The number of para-hydroxylation sites is 4. The molecule has 8 heteroatoms. The van der Waals surface area contributed by atoms with Gasteiger partial charge in [-0.05, 0) is 74.2 Å². The van der Waals surface area contributed by atoms with Crippen molar-refractivity contribution in [3.05, 3.63) is 119 Å². The van der Waals surface area contributed by atoms with E-state index in [4.69, 9.17) is 0 Å². The van der Waals surface area contributed by atoms with Crippen molar-refractivity contribution in [1.29, 1.82) is 0 Å². The molecule has 0 fully saturated rings. The number of aryl methyl sites for hydroxylation is 4. The van der Waals surface area contributed by atoms with Crippen LogP contribution in [-0.2, 0) is 0 Å². The monoisotopic (exact) mass is 892 g/mol. The lowest BCUT2D eigenvalue weighted by Gasteiger charge is -2.50. The summed E-state index contributed by atoms with van der Waals surface area (Å²) in [6.07, 6.45) is 0. The highest BCUT2D eigenvalue weighted by molar-refractivity contribution is 15.0. The molecule has 0 aromatic heterocycles. The Bertz CT molecular complexity index is 1170. The highest BCUT2D eigenvalue weighted by Gasteiger charge is 2.59. The van der Waals surface area contributed by atoms with E-state index in [1.165, 1.54) is 45.0 Å². The van der Waals surface area contributed by atoms with Gasteiger partial charge in [0.1, 0.15) is 0 Å². The molecule has 4 rings (SSSR count). The van der Waals surface area contributed by atoms with Crippen LogP contribution in [0.3, 0.4) is 0 Å². The second kappa shape index (κ2) is 15.8. The van der Waals surface area contributed by atoms with Crippen LogP contribution < -0.4 is 42.7 Å². The van der Waals surface area contributed by atoms with Crippen LogP contribution in [0.1, 0.15) is 22.3 Å². The molecule has 0 aliphatic rings. The highest BCUT2D eigenvalue weighted by atomic mass is 128. The Balaban J connectivity index is 0.00000183. The normalized spacial score (nSPS) is 10.6. The third-order valence-electron chi connectivity index (χ3n) is 7.47. The number of benzene rings is 4. The van der Waals surface area contributed by atoms with E-state index in [9.17, 15) is 0 Å². The van der Waals surface area contributed by atoms with Crippen LogP contribution in [0, 0.1) is 27.7 Å². The van der Waals surface area contributed by atoms with E-state index in [0.29, 0.717) is 0 Å². The van der Waals surface area contributed by atoms with Gasteiger partial charge < -0.3 is 24.0 Å². The molecule has 4 aromatic carbocycles. The lowest BCUT2D eigenvalue weighted by atomic mass is 10.2. The predicted octanol–water partition coefficient (Wildman–Crippen LogP) is 7.22. The fraction of sp³-hybridized carbons (Fsp3) is 0.250. The molecule has 0 N–H and O–H groups in total. The molecular weight excluding hydrogens is 852 g/mol. The van der Waals surface area contributed by atoms with Gasteiger partial charge in [0.15, 0.2) is 0 Å². The molecule has 0 atom stereocenters. The van der Waals surface area contributed by atoms with E-state index < -0.39 is 7.87 Å². The molecule has 0 saturated carbocycles. The van der Waals surface area contributed by atoms with Crippen molar-refractivity contribution in [3.63, 3.8) is 0 Å². The van der Waals surface area contributed by atoms with E-state index in [1.54, 1.807) is 0 Å². The first kappa shape index (κ1) is 34.9. The van der Waals surface area contributed by atoms with Gasteiger partial charge in [-0.15, -0.1) is 0 Å². The maximum Gasteiger partial charge on any atom is 0.404 e. The van der Waals surface area contributed by atoms with Gasteiger partial charge in [-0.1, -0.05) is 72.8 Å². The smallest absolute Gasteiger partial charge is 0.404 e. The zero-order valence-corrected chi connectivity index (χ0v) is 32.0. The van der Waals surface area contributed by atoms with Crippen LogP contribution in [0.15, 0.2) is 97.1 Å². The van der Waals surface area contributed by atoms with Crippen LogP contribution in [0.25, 0.3) is 0 Å². The summed E-state index contributed by atoms with van der Waals surface area (Å²) >= 11 is 4.24. The van der Waals surface area contributed by atoms with E-state index in [-0.39, 0.29) is 24.0 Å². The van der Waals surface area contributed by atoms with Crippen molar-refractivity contribution >= 4 is 67.8 Å². The fourth-order valence-corrected chi connectivity index (χ4v) is 9.96. The number of halogens is 3. The van der Waals surface area contributed by atoms with Crippen LogP contribution >= 0.6 is 45.1 Å². The predicted molar refractivity (Wildman–Crippen MR) is 193 cm³/mol. The maximum absolute atomic E-state index is 2.52. The molecule has 0 bridgehead atoms.